The van der Waals surface area contributed by atoms with Crippen LogP contribution in [-0.4, -0.2) is 18.1 Å². The number of oxazole rings is 1. The Hall–Kier alpha value is -1.84. The summed E-state index contributed by atoms with van der Waals surface area (Å²) in [7, 11) is 1.41. The summed E-state index contributed by atoms with van der Waals surface area (Å²) in [4.78, 5) is 16.1. The molecule has 4 heteroatoms. The van der Waals surface area contributed by atoms with Gasteiger partial charge in [-0.2, -0.15) is 0 Å². The van der Waals surface area contributed by atoms with Crippen LogP contribution in [0.15, 0.2) is 22.6 Å². The van der Waals surface area contributed by atoms with E-state index in [4.69, 9.17) is 9.15 Å². The maximum atomic E-state index is 11.8. The lowest BCUT2D eigenvalue weighted by Gasteiger charge is -2.18. The first-order valence-corrected chi connectivity index (χ1v) is 5.98. The first-order chi connectivity index (χ1) is 8.52. The molecule has 0 fully saturated rings. The van der Waals surface area contributed by atoms with Crippen LogP contribution in [-0.2, 0) is 9.53 Å². The Morgan fingerprint density at radius 1 is 1.39 bits per heavy atom. The molecule has 2 rings (SSSR count). The van der Waals surface area contributed by atoms with Gasteiger partial charge < -0.3 is 9.15 Å². The van der Waals surface area contributed by atoms with Crippen molar-refractivity contribution in [3.63, 3.8) is 0 Å². The predicted octanol–water partition coefficient (Wildman–Crippen LogP) is 3.05. The standard InChI is InChI=1S/C14H17NO3/c1-8(2)13(14(16)17-4)10-5-6-12-11(7-10)15-9(3)18-12/h5-8,13H,1-4H3. The third-order valence-corrected chi connectivity index (χ3v) is 3.00. The van der Waals surface area contributed by atoms with Gasteiger partial charge in [-0.25, -0.2) is 4.98 Å². The molecular formula is C14H17NO3. The van der Waals surface area contributed by atoms with Crippen molar-refractivity contribution in [1.29, 1.82) is 0 Å². The van der Waals surface area contributed by atoms with Crippen LogP contribution in [0.4, 0.5) is 0 Å². The summed E-state index contributed by atoms with van der Waals surface area (Å²) < 4.78 is 10.3. The lowest BCUT2D eigenvalue weighted by Crippen LogP contribution is -2.19. The second-order valence-electron chi connectivity index (χ2n) is 4.70. The number of fused-ring (bicyclic) bond motifs is 1. The SMILES string of the molecule is COC(=O)C(c1ccc2oc(C)nc2c1)C(C)C. The number of hydrogen-bond donors (Lipinski definition) is 0. The van der Waals surface area contributed by atoms with E-state index in [9.17, 15) is 4.79 Å². The van der Waals surface area contributed by atoms with Gasteiger partial charge in [-0.1, -0.05) is 19.9 Å². The van der Waals surface area contributed by atoms with E-state index in [0.717, 1.165) is 16.7 Å². The molecule has 4 nitrogen and oxygen atoms in total. The summed E-state index contributed by atoms with van der Waals surface area (Å²) in [6.45, 7) is 5.81. The van der Waals surface area contributed by atoms with Gasteiger partial charge >= 0.3 is 5.97 Å². The number of carbonyl (C=O) groups is 1. The molecule has 1 heterocycles. The maximum Gasteiger partial charge on any atom is 0.313 e. The highest BCUT2D eigenvalue weighted by atomic mass is 16.5. The fourth-order valence-electron chi connectivity index (χ4n) is 2.17. The number of carbonyl (C=O) groups excluding carboxylic acids is 1. The molecule has 1 atom stereocenters. The number of nitrogens with zero attached hydrogens (tertiary/aromatic N) is 1. The van der Waals surface area contributed by atoms with Crippen LogP contribution in [0.3, 0.4) is 0 Å². The van der Waals surface area contributed by atoms with Crippen molar-refractivity contribution in [3.8, 4) is 0 Å². The highest BCUT2D eigenvalue weighted by Crippen LogP contribution is 2.28. The van der Waals surface area contributed by atoms with Crippen LogP contribution in [0.1, 0.15) is 31.2 Å². The predicted molar refractivity (Wildman–Crippen MR) is 68.3 cm³/mol. The van der Waals surface area contributed by atoms with Crippen molar-refractivity contribution < 1.29 is 13.9 Å². The third-order valence-electron chi connectivity index (χ3n) is 3.00. The molecule has 96 valence electrons. The Bertz CT molecular complexity index is 571. The topological polar surface area (TPSA) is 52.3 Å². The molecule has 2 aromatic rings. The Balaban J connectivity index is 2.47. The second-order valence-corrected chi connectivity index (χ2v) is 4.70. The van der Waals surface area contributed by atoms with E-state index in [1.807, 2.05) is 32.0 Å². The number of aromatic nitrogens is 1. The number of rotatable bonds is 3. The maximum absolute atomic E-state index is 11.8. The largest absolute Gasteiger partial charge is 0.469 e. The number of hydrogen-bond acceptors (Lipinski definition) is 4. The summed E-state index contributed by atoms with van der Waals surface area (Å²) in [6, 6.07) is 5.64. The normalized spacial score (nSPS) is 12.9. The van der Waals surface area contributed by atoms with E-state index in [-0.39, 0.29) is 17.8 Å². The zero-order chi connectivity index (χ0) is 13.3. The van der Waals surface area contributed by atoms with Gasteiger partial charge in [0, 0.05) is 6.92 Å². The van der Waals surface area contributed by atoms with Crippen LogP contribution in [0.2, 0.25) is 0 Å². The number of ether oxygens (including phenoxy) is 1. The van der Waals surface area contributed by atoms with Crippen molar-refractivity contribution in [3.05, 3.63) is 29.7 Å². The van der Waals surface area contributed by atoms with Crippen LogP contribution < -0.4 is 0 Å². The summed E-state index contributed by atoms with van der Waals surface area (Å²) in [5, 5.41) is 0. The quantitative estimate of drug-likeness (QED) is 0.782. The van der Waals surface area contributed by atoms with E-state index in [0.29, 0.717) is 5.89 Å². The molecule has 1 unspecified atom stereocenters. The second kappa shape index (κ2) is 4.80. The minimum atomic E-state index is -0.267. The van der Waals surface area contributed by atoms with Gasteiger partial charge in [0.1, 0.15) is 5.52 Å². The number of esters is 1. The lowest BCUT2D eigenvalue weighted by molar-refractivity contribution is -0.143. The molecule has 0 saturated carbocycles. The highest BCUT2D eigenvalue weighted by molar-refractivity contribution is 5.81. The fourth-order valence-corrected chi connectivity index (χ4v) is 2.17. The zero-order valence-corrected chi connectivity index (χ0v) is 11.1. The number of aryl methyl sites for hydroxylation is 1. The molecular weight excluding hydrogens is 230 g/mol. The Morgan fingerprint density at radius 3 is 2.72 bits per heavy atom. The van der Waals surface area contributed by atoms with Gasteiger partial charge in [0.25, 0.3) is 0 Å². The van der Waals surface area contributed by atoms with E-state index < -0.39 is 0 Å². The van der Waals surface area contributed by atoms with Crippen molar-refractivity contribution in [2.45, 2.75) is 26.7 Å². The molecule has 0 saturated heterocycles. The van der Waals surface area contributed by atoms with Crippen molar-refractivity contribution >= 4 is 17.1 Å². The van der Waals surface area contributed by atoms with E-state index in [1.54, 1.807) is 6.92 Å². The van der Waals surface area contributed by atoms with E-state index in [2.05, 4.69) is 4.98 Å². The summed E-state index contributed by atoms with van der Waals surface area (Å²) in [5.74, 6) is 0.310. The molecule has 0 aliphatic carbocycles. The smallest absolute Gasteiger partial charge is 0.313 e. The van der Waals surface area contributed by atoms with Gasteiger partial charge in [0.2, 0.25) is 0 Å². The average Bonchev–Trinajstić information content (AvgIpc) is 2.68. The molecule has 18 heavy (non-hydrogen) atoms. The van der Waals surface area contributed by atoms with Crippen molar-refractivity contribution in [1.82, 2.24) is 4.98 Å². The summed E-state index contributed by atoms with van der Waals surface area (Å²) >= 11 is 0. The number of methoxy groups -OCH3 is 1. The Morgan fingerprint density at radius 2 is 2.11 bits per heavy atom. The van der Waals surface area contributed by atoms with Crippen molar-refractivity contribution in [2.75, 3.05) is 7.11 Å². The van der Waals surface area contributed by atoms with Gasteiger partial charge in [-0.3, -0.25) is 4.79 Å². The molecule has 0 aliphatic rings. The molecule has 0 aliphatic heterocycles. The van der Waals surface area contributed by atoms with E-state index in [1.165, 1.54) is 7.11 Å². The van der Waals surface area contributed by atoms with E-state index >= 15 is 0 Å². The van der Waals surface area contributed by atoms with Crippen LogP contribution in [0.5, 0.6) is 0 Å². The van der Waals surface area contributed by atoms with Gasteiger partial charge in [0.15, 0.2) is 11.5 Å². The Labute approximate surface area is 106 Å². The third kappa shape index (κ3) is 2.23. The molecule has 1 aromatic heterocycles. The first-order valence-electron chi connectivity index (χ1n) is 5.98. The summed E-state index contributed by atoms with van der Waals surface area (Å²) in [6.07, 6.45) is 0. The minimum Gasteiger partial charge on any atom is -0.469 e. The monoisotopic (exact) mass is 247 g/mol. The zero-order valence-electron chi connectivity index (χ0n) is 11.1. The lowest BCUT2D eigenvalue weighted by atomic mass is 9.88. The fraction of sp³-hybridized carbons (Fsp3) is 0.429. The molecule has 0 bridgehead atoms. The van der Waals surface area contributed by atoms with Crippen molar-refractivity contribution in [2.24, 2.45) is 5.92 Å². The molecule has 0 amide bonds. The van der Waals surface area contributed by atoms with Gasteiger partial charge in [-0.05, 0) is 23.6 Å². The molecule has 1 aromatic carbocycles. The Kier molecular flexibility index (Phi) is 3.36. The van der Waals surface area contributed by atoms with Crippen LogP contribution in [0, 0.1) is 12.8 Å². The average molecular weight is 247 g/mol. The van der Waals surface area contributed by atoms with Gasteiger partial charge in [-0.15, -0.1) is 0 Å². The first kappa shape index (κ1) is 12.6. The molecule has 0 radical (unpaired) electrons. The molecule has 0 spiro atoms. The molecule has 0 N–H and O–H groups in total. The van der Waals surface area contributed by atoms with Crippen LogP contribution >= 0.6 is 0 Å². The highest BCUT2D eigenvalue weighted by Gasteiger charge is 2.25. The number of benzene rings is 1. The van der Waals surface area contributed by atoms with Crippen LogP contribution in [0.25, 0.3) is 11.1 Å². The minimum absolute atomic E-state index is 0.169. The summed E-state index contributed by atoms with van der Waals surface area (Å²) in [5.41, 5.74) is 2.43. The van der Waals surface area contributed by atoms with Gasteiger partial charge in [0.05, 0.1) is 13.0 Å².